The molecule has 1 saturated carbocycles. The summed E-state index contributed by atoms with van der Waals surface area (Å²) in [6.45, 7) is 4.17. The van der Waals surface area contributed by atoms with E-state index in [2.05, 4.69) is 4.90 Å². The van der Waals surface area contributed by atoms with Crippen LogP contribution >= 0.6 is 0 Å². The summed E-state index contributed by atoms with van der Waals surface area (Å²) >= 11 is 0. The molecule has 1 aliphatic carbocycles. The summed E-state index contributed by atoms with van der Waals surface area (Å²) in [6.07, 6.45) is 1.80. The Bertz CT molecular complexity index is 225. The van der Waals surface area contributed by atoms with Crippen LogP contribution in [0.4, 0.5) is 4.39 Å². The molecular weight excluding hydrogens is 221 g/mol. The van der Waals surface area contributed by atoms with Gasteiger partial charge < -0.3 is 9.69 Å². The van der Waals surface area contributed by atoms with E-state index >= 15 is 0 Å². The zero-order chi connectivity index (χ0) is 10.1. The van der Waals surface area contributed by atoms with Gasteiger partial charge in [0.15, 0.2) is 0 Å². The van der Waals surface area contributed by atoms with Crippen LogP contribution in [0.1, 0.15) is 19.8 Å². The van der Waals surface area contributed by atoms with Crippen LogP contribution < -0.4 is 0 Å². The van der Waals surface area contributed by atoms with Crippen LogP contribution in [-0.4, -0.2) is 37.0 Å². The molecule has 3 atom stereocenters. The number of piperidine rings is 1. The molecule has 4 heteroatoms. The van der Waals surface area contributed by atoms with Crippen LogP contribution in [0, 0.1) is 55.5 Å². The summed E-state index contributed by atoms with van der Waals surface area (Å²) in [5, 5.41) is 0. The number of rotatable bonds is 5. The second-order valence-corrected chi connectivity index (χ2v) is 4.68. The zero-order valence-electron chi connectivity index (χ0n) is 9.06. The van der Waals surface area contributed by atoms with Crippen LogP contribution in [0.2, 0.25) is 0 Å². The van der Waals surface area contributed by atoms with Gasteiger partial charge in [0.1, 0.15) is 12.5 Å². The Morgan fingerprint density at radius 1 is 1.40 bits per heavy atom. The van der Waals surface area contributed by atoms with Crippen molar-refractivity contribution in [3.8, 4) is 0 Å². The maximum absolute atomic E-state index is 12.1. The van der Waals surface area contributed by atoms with E-state index in [0.717, 1.165) is 43.7 Å². The molecule has 88 valence electrons. The minimum Gasteiger partial charge on any atom is -0.300 e. The van der Waals surface area contributed by atoms with Gasteiger partial charge in [-0.2, -0.15) is 0 Å². The normalized spacial score (nSPS) is 33.3. The summed E-state index contributed by atoms with van der Waals surface area (Å²) in [4.78, 5) is 13.0. The Hall–Kier alpha value is 0.820. The number of likely N-dealkylation sites (tertiary alicyclic amines) is 1. The fourth-order valence-electron chi connectivity index (χ4n) is 2.84. The van der Waals surface area contributed by atoms with Gasteiger partial charge in [-0.1, -0.05) is 0 Å². The number of Topliss-reactive ketones (excluding diaryl/α,β-unsaturated/α-hetero) is 1. The number of fused-ring (bicyclic) bond motifs is 1. The van der Waals surface area contributed by atoms with Gasteiger partial charge in [0.25, 0.3) is 0 Å². The second-order valence-electron chi connectivity index (χ2n) is 4.68. The molecule has 2 aliphatic rings. The predicted octanol–water partition coefficient (Wildman–Crippen LogP) is 1.50. The molecule has 0 bridgehead atoms. The van der Waals surface area contributed by atoms with Crippen molar-refractivity contribution in [2.24, 2.45) is 17.8 Å². The van der Waals surface area contributed by atoms with E-state index < -0.39 is 0 Å². The minimum absolute atomic E-state index is 0. The maximum Gasteiger partial charge on any atom is 0.129 e. The topological polar surface area (TPSA) is 20.3 Å². The van der Waals surface area contributed by atoms with Crippen molar-refractivity contribution in [1.82, 2.24) is 4.90 Å². The third kappa shape index (κ3) is 3.39. The van der Waals surface area contributed by atoms with Crippen molar-refractivity contribution < 1.29 is 46.9 Å². The van der Waals surface area contributed by atoms with Crippen molar-refractivity contribution in [1.29, 1.82) is 0 Å². The molecule has 15 heavy (non-hydrogen) atoms. The average molecular weight is 239 g/mol. The van der Waals surface area contributed by atoms with Gasteiger partial charge in [-0.3, -0.25) is 0 Å². The van der Waals surface area contributed by atoms with Crippen LogP contribution in [-0.2, 0) is 4.79 Å². The zero-order valence-corrected chi connectivity index (χ0v) is 9.77. The molecule has 0 aromatic heterocycles. The Kier molecular flexibility index (Phi) is 5.50. The van der Waals surface area contributed by atoms with Gasteiger partial charge in [0.05, 0.1) is 0 Å². The Labute approximate surface area is 121 Å². The number of hydrogen-bond acceptors (Lipinski definition) is 2. The van der Waals surface area contributed by atoms with E-state index in [1.807, 2.05) is 0 Å². The Morgan fingerprint density at radius 3 is 2.47 bits per heavy atom. The number of nitrogens with zero attached hydrogens (tertiary/aromatic N) is 1. The number of carbonyl (C=O) groups excluding carboxylic acids is 1. The number of halogens is 1. The van der Waals surface area contributed by atoms with Gasteiger partial charge in [-0.25, -0.2) is 4.39 Å². The number of ketones is 1. The first-order valence-electron chi connectivity index (χ1n) is 5.50. The van der Waals surface area contributed by atoms with Gasteiger partial charge in [0, 0.05) is 63.8 Å². The van der Waals surface area contributed by atoms with E-state index in [1.165, 1.54) is 0 Å². The molecule has 1 saturated heterocycles. The van der Waals surface area contributed by atoms with Gasteiger partial charge >= 0.3 is 0 Å². The molecular formula is C11H18ArFNO. The fraction of sp³-hybridized carbons (Fsp3) is 0.909. The van der Waals surface area contributed by atoms with Gasteiger partial charge in [-0.15, -0.1) is 0 Å². The summed E-state index contributed by atoms with van der Waals surface area (Å²) in [6, 6.07) is 0. The van der Waals surface area contributed by atoms with Crippen molar-refractivity contribution in [3.05, 3.63) is 0 Å². The summed E-state index contributed by atoms with van der Waals surface area (Å²) < 4.78 is 12.1. The maximum atomic E-state index is 12.1. The van der Waals surface area contributed by atoms with Crippen LogP contribution in [0.15, 0.2) is 0 Å². The molecule has 0 spiro atoms. The molecule has 0 aromatic carbocycles. The molecule has 2 rings (SSSR count). The van der Waals surface area contributed by atoms with Crippen molar-refractivity contribution in [2.75, 3.05) is 26.3 Å². The smallest absolute Gasteiger partial charge is 0.129 e. The number of alkyl halides is 1. The molecule has 0 amide bonds. The van der Waals surface area contributed by atoms with Crippen molar-refractivity contribution in [2.45, 2.75) is 19.8 Å². The molecule has 0 N–H and O–H groups in total. The van der Waals surface area contributed by atoms with Crippen LogP contribution in [0.5, 0.6) is 0 Å². The summed E-state index contributed by atoms with van der Waals surface area (Å²) in [5.41, 5.74) is 0. The van der Waals surface area contributed by atoms with Crippen LogP contribution in [0.3, 0.4) is 0 Å². The Balaban J connectivity index is 0.00000112. The first kappa shape index (κ1) is 13.9. The SMILES string of the molecule is CC(=O)CCC1C2CN(CCF)C[C@H]12.[Ar]. The largest absolute Gasteiger partial charge is 0.300 e. The predicted molar refractivity (Wildman–Crippen MR) is 52.8 cm³/mol. The van der Waals surface area contributed by atoms with Crippen LogP contribution in [0.25, 0.3) is 0 Å². The molecule has 1 heterocycles. The Morgan fingerprint density at radius 2 is 2.00 bits per heavy atom. The molecule has 2 nitrogen and oxygen atoms in total. The van der Waals surface area contributed by atoms with Gasteiger partial charge in [-0.05, 0) is 31.1 Å². The van der Waals surface area contributed by atoms with E-state index in [4.69, 9.17) is 0 Å². The number of hydrogen-bond donors (Lipinski definition) is 0. The first-order valence-corrected chi connectivity index (χ1v) is 5.50. The first-order chi connectivity index (χ1) is 6.72. The fourth-order valence-corrected chi connectivity index (χ4v) is 2.84. The van der Waals surface area contributed by atoms with Gasteiger partial charge in [0.2, 0.25) is 0 Å². The molecule has 2 unspecified atom stereocenters. The van der Waals surface area contributed by atoms with E-state index in [9.17, 15) is 9.18 Å². The summed E-state index contributed by atoms with van der Waals surface area (Å²) in [5.74, 6) is 2.63. The number of carbonyl (C=O) groups is 1. The van der Waals surface area contributed by atoms with E-state index in [1.54, 1.807) is 6.92 Å². The molecule has 1 aliphatic heterocycles. The average Bonchev–Trinajstić information content (AvgIpc) is 2.56. The van der Waals surface area contributed by atoms with E-state index in [0.29, 0.717) is 12.3 Å². The van der Waals surface area contributed by atoms with E-state index in [-0.39, 0.29) is 44.4 Å². The minimum atomic E-state index is -0.225. The van der Waals surface area contributed by atoms with Crippen molar-refractivity contribution >= 4 is 5.78 Å². The molecule has 0 radical (unpaired) electrons. The second kappa shape index (κ2) is 5.94. The van der Waals surface area contributed by atoms with Crippen molar-refractivity contribution in [3.63, 3.8) is 0 Å². The summed E-state index contributed by atoms with van der Waals surface area (Å²) in [7, 11) is 0. The quantitative estimate of drug-likeness (QED) is 0.724. The monoisotopic (exact) mass is 239 g/mol. The standard InChI is InChI=1S/C11H18FNO.Ar/c1-8(14)2-3-9-10-6-13(5-4-12)7-11(9)10;/h9-11H,2-7H2,1H3;/t9?,10-,11?;/m1./s1. The molecule has 0 aromatic rings. The third-order valence-electron chi connectivity index (χ3n) is 3.68. The molecule has 2 fully saturated rings. The third-order valence-corrected chi connectivity index (χ3v) is 3.68.